The highest BCUT2D eigenvalue weighted by Crippen LogP contribution is 2.28. The molecule has 1 aromatic heterocycles. The van der Waals surface area contributed by atoms with Gasteiger partial charge in [-0.3, -0.25) is 14.4 Å². The van der Waals surface area contributed by atoms with Crippen LogP contribution in [0.15, 0.2) is 10.6 Å². The molecule has 1 aromatic rings. The van der Waals surface area contributed by atoms with Crippen LogP contribution in [0.1, 0.15) is 55.3 Å². The number of amides is 2. The first-order valence-electron chi connectivity index (χ1n) is 10.3. The van der Waals surface area contributed by atoms with Crippen molar-refractivity contribution < 1.29 is 29.1 Å². The fourth-order valence-corrected chi connectivity index (χ4v) is 3.81. The van der Waals surface area contributed by atoms with Crippen LogP contribution in [0.25, 0.3) is 0 Å². The van der Waals surface area contributed by atoms with Crippen molar-refractivity contribution in [2.45, 2.75) is 51.2 Å². The van der Waals surface area contributed by atoms with Crippen LogP contribution < -0.4 is 5.32 Å². The molecule has 0 aromatic carbocycles. The van der Waals surface area contributed by atoms with Gasteiger partial charge in [0.05, 0.1) is 12.1 Å². The summed E-state index contributed by atoms with van der Waals surface area (Å²) >= 11 is 0. The van der Waals surface area contributed by atoms with Crippen molar-refractivity contribution >= 4 is 18.3 Å². The molecule has 3 atom stereocenters. The molecule has 1 saturated heterocycles. The largest absolute Gasteiger partial charge is 0.483 e. The number of likely N-dealkylation sites (N-methyl/N-ethyl adjacent to an activating group) is 1. The Hall–Kier alpha value is -2.46. The van der Waals surface area contributed by atoms with E-state index in [4.69, 9.17) is 14.4 Å². The summed E-state index contributed by atoms with van der Waals surface area (Å²) in [5.74, 6) is 0.248. The molecule has 0 spiro atoms. The predicted octanol–water partition coefficient (Wildman–Crippen LogP) is 0.532. The first kappa shape index (κ1) is 23.8. The second-order valence-electron chi connectivity index (χ2n) is 8.17. The highest BCUT2D eigenvalue weighted by atomic mass is 16.5. The van der Waals surface area contributed by atoms with E-state index in [1.165, 1.54) is 0 Å². The molecule has 30 heavy (non-hydrogen) atoms. The van der Waals surface area contributed by atoms with Gasteiger partial charge in [-0.15, -0.1) is 0 Å². The molecule has 2 aliphatic rings. The third-order valence-corrected chi connectivity index (χ3v) is 5.56. The number of rotatable bonds is 4. The van der Waals surface area contributed by atoms with E-state index in [0.29, 0.717) is 18.6 Å². The Balaban J connectivity index is 0.00000101. The number of aliphatic hydroxyl groups is 1. The third kappa shape index (κ3) is 6.27. The van der Waals surface area contributed by atoms with Crippen LogP contribution in [-0.2, 0) is 9.59 Å². The molecule has 1 saturated carbocycles. The Labute approximate surface area is 176 Å². The number of nitrogens with one attached hydrogen (secondary N) is 1. The van der Waals surface area contributed by atoms with E-state index in [1.54, 1.807) is 6.07 Å². The summed E-state index contributed by atoms with van der Waals surface area (Å²) in [7, 11) is 2.06. The number of aromatic nitrogens is 1. The van der Waals surface area contributed by atoms with Crippen molar-refractivity contribution in [2.24, 2.45) is 5.92 Å². The SMILES string of the molecule is CC(C)c1cc(C(=O)N[C@@H]2C[C@H](C(=O)N3CCCN(C)CC3)C[C@H]2O)no1.O=CO. The standard InChI is InChI=1S/C19H30N4O4.CH2O2/c1-12(2)17-11-15(21-27-17)18(25)20-14-9-13(10-16(14)24)19(26)23-6-4-5-22(3)7-8-23;2-1-3/h11-14,16,24H,4-10H2,1-3H3,(H,20,25);1H,(H,2,3)/t13-,14+,16+;/m0./s1. The van der Waals surface area contributed by atoms with Crippen LogP contribution in [0.2, 0.25) is 0 Å². The molecule has 1 aliphatic heterocycles. The van der Waals surface area contributed by atoms with E-state index in [-0.39, 0.29) is 35.8 Å². The first-order valence-corrected chi connectivity index (χ1v) is 10.3. The molecule has 1 aliphatic carbocycles. The van der Waals surface area contributed by atoms with Gasteiger partial charge in [0.1, 0.15) is 5.76 Å². The van der Waals surface area contributed by atoms with Crippen LogP contribution >= 0.6 is 0 Å². The van der Waals surface area contributed by atoms with Gasteiger partial charge in [0, 0.05) is 37.5 Å². The first-order chi connectivity index (χ1) is 14.3. The van der Waals surface area contributed by atoms with Gasteiger partial charge in [-0.2, -0.15) is 0 Å². The van der Waals surface area contributed by atoms with Gasteiger partial charge in [-0.05, 0) is 32.9 Å². The van der Waals surface area contributed by atoms with Crippen molar-refractivity contribution in [2.75, 3.05) is 33.2 Å². The molecule has 2 heterocycles. The smallest absolute Gasteiger partial charge is 0.290 e. The summed E-state index contributed by atoms with van der Waals surface area (Å²) in [6, 6.07) is 1.18. The summed E-state index contributed by atoms with van der Waals surface area (Å²) in [4.78, 5) is 37.7. The second kappa shape index (κ2) is 11.1. The van der Waals surface area contributed by atoms with Crippen molar-refractivity contribution in [3.8, 4) is 0 Å². The van der Waals surface area contributed by atoms with E-state index in [1.807, 2.05) is 18.7 Å². The Morgan fingerprint density at radius 2 is 1.97 bits per heavy atom. The van der Waals surface area contributed by atoms with Crippen molar-refractivity contribution in [3.63, 3.8) is 0 Å². The van der Waals surface area contributed by atoms with Crippen LogP contribution in [0.5, 0.6) is 0 Å². The highest BCUT2D eigenvalue weighted by molar-refractivity contribution is 5.92. The second-order valence-corrected chi connectivity index (χ2v) is 8.17. The number of carboxylic acid groups (broad SMARTS) is 1. The van der Waals surface area contributed by atoms with Crippen LogP contribution in [0.4, 0.5) is 0 Å². The molecule has 0 bridgehead atoms. The monoisotopic (exact) mass is 424 g/mol. The quantitative estimate of drug-likeness (QED) is 0.596. The van der Waals surface area contributed by atoms with Crippen LogP contribution in [-0.4, -0.2) is 88.8 Å². The Morgan fingerprint density at radius 3 is 2.60 bits per heavy atom. The summed E-state index contributed by atoms with van der Waals surface area (Å²) in [6.45, 7) is 7.00. The number of carbonyl (C=O) groups excluding carboxylic acids is 2. The van der Waals surface area contributed by atoms with E-state index in [2.05, 4.69) is 22.4 Å². The van der Waals surface area contributed by atoms with E-state index in [9.17, 15) is 14.7 Å². The minimum atomic E-state index is -0.728. The molecule has 10 nitrogen and oxygen atoms in total. The minimum absolute atomic E-state index is 0.0876. The summed E-state index contributed by atoms with van der Waals surface area (Å²) in [5.41, 5.74) is 0.205. The fourth-order valence-electron chi connectivity index (χ4n) is 3.81. The lowest BCUT2D eigenvalue weighted by Crippen LogP contribution is -2.40. The summed E-state index contributed by atoms with van der Waals surface area (Å²) in [6.07, 6.45) is 1.07. The van der Waals surface area contributed by atoms with Gasteiger partial charge in [0.25, 0.3) is 12.4 Å². The molecule has 168 valence electrons. The molecular weight excluding hydrogens is 392 g/mol. The zero-order valence-electron chi connectivity index (χ0n) is 17.8. The topological polar surface area (TPSA) is 136 Å². The molecule has 0 radical (unpaired) electrons. The Kier molecular flexibility index (Phi) is 8.79. The Morgan fingerprint density at radius 1 is 1.27 bits per heavy atom. The number of aliphatic hydroxyl groups excluding tert-OH is 1. The average molecular weight is 424 g/mol. The van der Waals surface area contributed by atoms with Gasteiger partial charge in [0.15, 0.2) is 5.69 Å². The summed E-state index contributed by atoms with van der Waals surface area (Å²) < 4.78 is 5.16. The van der Waals surface area contributed by atoms with Crippen molar-refractivity contribution in [3.05, 3.63) is 17.5 Å². The maximum atomic E-state index is 12.8. The molecule has 3 N–H and O–H groups in total. The number of hydrogen-bond donors (Lipinski definition) is 3. The minimum Gasteiger partial charge on any atom is -0.483 e. The van der Waals surface area contributed by atoms with Gasteiger partial charge in [-0.25, -0.2) is 0 Å². The van der Waals surface area contributed by atoms with Crippen molar-refractivity contribution in [1.82, 2.24) is 20.3 Å². The molecule has 10 heteroatoms. The maximum Gasteiger partial charge on any atom is 0.290 e. The summed E-state index contributed by atoms with van der Waals surface area (Å²) in [5, 5.41) is 23.9. The lowest BCUT2D eigenvalue weighted by atomic mass is 10.1. The number of nitrogens with zero attached hydrogens (tertiary/aromatic N) is 3. The van der Waals surface area contributed by atoms with Gasteiger partial charge in [-0.1, -0.05) is 19.0 Å². The van der Waals surface area contributed by atoms with Gasteiger partial charge >= 0.3 is 0 Å². The molecular formula is C20H32N4O6. The van der Waals surface area contributed by atoms with Gasteiger partial charge < -0.3 is 29.9 Å². The number of hydrogen-bond acceptors (Lipinski definition) is 7. The average Bonchev–Trinajstić information content (AvgIpc) is 3.26. The van der Waals surface area contributed by atoms with Crippen LogP contribution in [0, 0.1) is 5.92 Å². The zero-order chi connectivity index (χ0) is 22.3. The number of carbonyl (C=O) groups is 3. The van der Waals surface area contributed by atoms with Gasteiger partial charge in [0.2, 0.25) is 5.91 Å². The predicted molar refractivity (Wildman–Crippen MR) is 108 cm³/mol. The molecule has 3 rings (SSSR count). The van der Waals surface area contributed by atoms with Crippen molar-refractivity contribution in [1.29, 1.82) is 0 Å². The van der Waals surface area contributed by atoms with E-state index < -0.39 is 12.1 Å². The normalized spacial score (nSPS) is 24.7. The lowest BCUT2D eigenvalue weighted by Gasteiger charge is -2.24. The Bertz CT molecular complexity index is 722. The van der Waals surface area contributed by atoms with E-state index in [0.717, 1.165) is 32.6 Å². The molecule has 2 fully saturated rings. The molecule has 2 amide bonds. The lowest BCUT2D eigenvalue weighted by molar-refractivity contribution is -0.135. The zero-order valence-corrected chi connectivity index (χ0v) is 17.8. The fraction of sp³-hybridized carbons (Fsp3) is 0.700. The maximum absolute atomic E-state index is 12.8. The van der Waals surface area contributed by atoms with Crippen LogP contribution in [0.3, 0.4) is 0 Å². The third-order valence-electron chi connectivity index (χ3n) is 5.56. The van der Waals surface area contributed by atoms with E-state index >= 15 is 0 Å². The highest BCUT2D eigenvalue weighted by Gasteiger charge is 2.39. The molecule has 0 unspecified atom stereocenters.